The smallest absolute Gasteiger partial charge is 0.163 e. The Balaban J connectivity index is 2.54. The van der Waals surface area contributed by atoms with Gasteiger partial charge in [-0.2, -0.15) is 5.26 Å². The molecule has 0 aromatic carbocycles. The Morgan fingerprint density at radius 3 is 2.53 bits per heavy atom. The molecule has 0 bridgehead atoms. The van der Waals surface area contributed by atoms with Crippen molar-refractivity contribution in [3.05, 3.63) is 22.5 Å². The summed E-state index contributed by atoms with van der Waals surface area (Å²) in [6.45, 7) is 6.13. The number of hydrogen-bond acceptors (Lipinski definition) is 4. The molecule has 0 aromatic heterocycles. The molecule has 0 saturated heterocycles. The van der Waals surface area contributed by atoms with Crippen LogP contribution >= 0.6 is 0 Å². The summed E-state index contributed by atoms with van der Waals surface area (Å²) in [4.78, 5) is 14.4. The lowest BCUT2D eigenvalue weighted by Gasteiger charge is -2.40. The topological polar surface area (TPSA) is 56.1 Å². The molecule has 1 aliphatic heterocycles. The van der Waals surface area contributed by atoms with E-state index in [-0.39, 0.29) is 17.2 Å². The second-order valence-electron chi connectivity index (χ2n) is 6.47. The Hall–Kier alpha value is -1.60. The number of nitriles is 1. The molecule has 4 nitrogen and oxygen atoms in total. The van der Waals surface area contributed by atoms with Gasteiger partial charge in [0.15, 0.2) is 5.78 Å². The van der Waals surface area contributed by atoms with Gasteiger partial charge in [0.1, 0.15) is 0 Å². The van der Waals surface area contributed by atoms with Crippen LogP contribution in [0, 0.1) is 16.7 Å². The molecule has 102 valence electrons. The van der Waals surface area contributed by atoms with Crippen LogP contribution in [0.3, 0.4) is 0 Å². The molecular weight excluding hydrogens is 238 g/mol. The lowest BCUT2D eigenvalue weighted by Crippen LogP contribution is -2.45. The highest BCUT2D eigenvalue weighted by Gasteiger charge is 2.41. The van der Waals surface area contributed by atoms with Gasteiger partial charge in [-0.25, -0.2) is 0 Å². The fraction of sp³-hybridized carbons (Fsp3) is 0.600. The monoisotopic (exact) mass is 259 g/mol. The van der Waals surface area contributed by atoms with Crippen molar-refractivity contribution < 1.29 is 4.79 Å². The minimum absolute atomic E-state index is 0.00972. The molecule has 2 rings (SSSR count). The number of ketones is 1. The fourth-order valence-electron chi connectivity index (χ4n) is 3.07. The SMILES string of the molecule is CC1=C(C#N)[C@@H](N(C)C)C2=C(CC(C)(C)CC2=O)N1. The number of carbonyl (C=O) groups is 1. The zero-order valence-corrected chi connectivity index (χ0v) is 12.3. The van der Waals surface area contributed by atoms with Crippen molar-refractivity contribution in [1.82, 2.24) is 10.2 Å². The normalized spacial score (nSPS) is 26.2. The second kappa shape index (κ2) is 4.50. The third-order valence-corrected chi connectivity index (χ3v) is 3.85. The average Bonchev–Trinajstić information content (AvgIpc) is 2.24. The first kappa shape index (κ1) is 13.8. The molecule has 0 spiro atoms. The van der Waals surface area contributed by atoms with Gasteiger partial charge in [-0.05, 0) is 32.9 Å². The molecule has 0 radical (unpaired) electrons. The van der Waals surface area contributed by atoms with Crippen LogP contribution in [0.1, 0.15) is 33.6 Å². The molecule has 0 unspecified atom stereocenters. The number of Topliss-reactive ketones (excluding diaryl/α,β-unsaturated/α-hetero) is 1. The molecule has 0 saturated carbocycles. The van der Waals surface area contributed by atoms with Gasteiger partial charge in [0.25, 0.3) is 0 Å². The molecule has 2 aliphatic rings. The molecule has 1 N–H and O–H groups in total. The van der Waals surface area contributed by atoms with Gasteiger partial charge >= 0.3 is 0 Å². The van der Waals surface area contributed by atoms with Gasteiger partial charge in [0, 0.05) is 23.4 Å². The maximum absolute atomic E-state index is 12.5. The summed E-state index contributed by atoms with van der Waals surface area (Å²) in [5, 5.41) is 12.6. The number of rotatable bonds is 1. The summed E-state index contributed by atoms with van der Waals surface area (Å²) < 4.78 is 0. The maximum atomic E-state index is 12.5. The van der Waals surface area contributed by atoms with Gasteiger partial charge in [-0.15, -0.1) is 0 Å². The number of likely N-dealkylation sites (N-methyl/N-ethyl adjacent to an activating group) is 1. The molecule has 4 heteroatoms. The van der Waals surface area contributed by atoms with E-state index in [2.05, 4.69) is 25.2 Å². The van der Waals surface area contributed by atoms with Crippen molar-refractivity contribution in [3.8, 4) is 6.07 Å². The van der Waals surface area contributed by atoms with Crippen molar-refractivity contribution in [1.29, 1.82) is 5.26 Å². The molecule has 1 atom stereocenters. The van der Waals surface area contributed by atoms with Crippen LogP contribution in [0.25, 0.3) is 0 Å². The summed E-state index contributed by atoms with van der Waals surface area (Å²) in [6.07, 6.45) is 1.41. The first-order valence-corrected chi connectivity index (χ1v) is 6.57. The Bertz CT molecular complexity index is 532. The van der Waals surface area contributed by atoms with E-state index in [1.807, 2.05) is 25.9 Å². The minimum atomic E-state index is -0.204. The van der Waals surface area contributed by atoms with Crippen molar-refractivity contribution >= 4 is 5.78 Å². The van der Waals surface area contributed by atoms with E-state index in [0.717, 1.165) is 23.4 Å². The largest absolute Gasteiger partial charge is 0.361 e. The number of carbonyl (C=O) groups excluding carboxylic acids is 1. The third kappa shape index (κ3) is 2.31. The lowest BCUT2D eigenvalue weighted by atomic mass is 9.72. The molecule has 0 amide bonds. The summed E-state index contributed by atoms with van der Waals surface area (Å²) in [5.74, 6) is 0.165. The summed E-state index contributed by atoms with van der Waals surface area (Å²) >= 11 is 0. The van der Waals surface area contributed by atoms with E-state index in [1.165, 1.54) is 0 Å². The Morgan fingerprint density at radius 2 is 2.00 bits per heavy atom. The molecule has 1 heterocycles. The van der Waals surface area contributed by atoms with Crippen LogP contribution in [-0.2, 0) is 4.79 Å². The zero-order valence-electron chi connectivity index (χ0n) is 12.3. The second-order valence-corrected chi connectivity index (χ2v) is 6.47. The maximum Gasteiger partial charge on any atom is 0.163 e. The predicted molar refractivity (Wildman–Crippen MR) is 74.0 cm³/mol. The van der Waals surface area contributed by atoms with Crippen LogP contribution in [0.5, 0.6) is 0 Å². The van der Waals surface area contributed by atoms with Gasteiger partial charge in [-0.3, -0.25) is 9.69 Å². The van der Waals surface area contributed by atoms with Crippen LogP contribution in [0.15, 0.2) is 22.5 Å². The highest BCUT2D eigenvalue weighted by molar-refractivity contribution is 6.00. The van der Waals surface area contributed by atoms with Gasteiger partial charge in [-0.1, -0.05) is 13.8 Å². The van der Waals surface area contributed by atoms with E-state index >= 15 is 0 Å². The van der Waals surface area contributed by atoms with Gasteiger partial charge in [0.2, 0.25) is 0 Å². The number of allylic oxidation sites excluding steroid dienone is 2. The third-order valence-electron chi connectivity index (χ3n) is 3.85. The van der Waals surface area contributed by atoms with E-state index < -0.39 is 0 Å². The standard InChI is InChI=1S/C15H21N3O/c1-9-10(8-16)14(18(4)5)13-11(17-9)6-15(2,3)7-12(13)19/h14,17H,6-7H2,1-5H3/t14-/m1/s1. The quantitative estimate of drug-likeness (QED) is 0.782. The molecular formula is C15H21N3O. The van der Waals surface area contributed by atoms with Crippen molar-refractivity contribution in [2.75, 3.05) is 14.1 Å². The van der Waals surface area contributed by atoms with Crippen LogP contribution < -0.4 is 5.32 Å². The Morgan fingerprint density at radius 1 is 1.37 bits per heavy atom. The summed E-state index contributed by atoms with van der Waals surface area (Å²) in [7, 11) is 3.83. The summed E-state index contributed by atoms with van der Waals surface area (Å²) in [6, 6.07) is 2.04. The van der Waals surface area contributed by atoms with E-state index in [9.17, 15) is 10.1 Å². The van der Waals surface area contributed by atoms with Crippen LogP contribution in [0.2, 0.25) is 0 Å². The molecule has 19 heavy (non-hydrogen) atoms. The summed E-state index contributed by atoms with van der Waals surface area (Å²) in [5.41, 5.74) is 3.29. The number of nitrogens with zero attached hydrogens (tertiary/aromatic N) is 2. The van der Waals surface area contributed by atoms with E-state index in [0.29, 0.717) is 12.0 Å². The van der Waals surface area contributed by atoms with E-state index in [4.69, 9.17) is 0 Å². The molecule has 0 aromatic rings. The number of nitrogens with one attached hydrogen (secondary N) is 1. The number of hydrogen-bond donors (Lipinski definition) is 1. The van der Waals surface area contributed by atoms with Crippen molar-refractivity contribution in [2.45, 2.75) is 39.7 Å². The van der Waals surface area contributed by atoms with Gasteiger partial charge < -0.3 is 5.32 Å². The zero-order chi connectivity index (χ0) is 14.4. The highest BCUT2D eigenvalue weighted by Crippen LogP contribution is 2.41. The van der Waals surface area contributed by atoms with Crippen LogP contribution in [0.4, 0.5) is 0 Å². The molecule has 0 fully saturated rings. The van der Waals surface area contributed by atoms with Crippen molar-refractivity contribution in [3.63, 3.8) is 0 Å². The van der Waals surface area contributed by atoms with E-state index in [1.54, 1.807) is 0 Å². The number of dihydropyridines is 1. The lowest BCUT2D eigenvalue weighted by molar-refractivity contribution is -0.118. The van der Waals surface area contributed by atoms with Gasteiger partial charge in [0.05, 0.1) is 17.7 Å². The predicted octanol–water partition coefficient (Wildman–Crippen LogP) is 1.96. The van der Waals surface area contributed by atoms with Crippen molar-refractivity contribution in [2.24, 2.45) is 5.41 Å². The Kier molecular flexibility index (Phi) is 3.27. The minimum Gasteiger partial charge on any atom is -0.361 e. The first-order valence-electron chi connectivity index (χ1n) is 6.57. The Labute approximate surface area is 114 Å². The molecule has 1 aliphatic carbocycles. The average molecular weight is 259 g/mol. The fourth-order valence-corrected chi connectivity index (χ4v) is 3.07. The highest BCUT2D eigenvalue weighted by atomic mass is 16.1. The first-order chi connectivity index (χ1) is 8.76. The van der Waals surface area contributed by atoms with Crippen LogP contribution in [-0.4, -0.2) is 30.8 Å².